The summed E-state index contributed by atoms with van der Waals surface area (Å²) in [5.74, 6) is -0.659. The summed E-state index contributed by atoms with van der Waals surface area (Å²) in [4.78, 5) is 13.9. The Labute approximate surface area is 173 Å². The number of phenolic OH excluding ortho intramolecular Hbond substituents is 1. The van der Waals surface area contributed by atoms with Gasteiger partial charge in [0.05, 0.1) is 0 Å². The van der Waals surface area contributed by atoms with Gasteiger partial charge in [0.2, 0.25) is 10.0 Å². The molecule has 30 heavy (non-hydrogen) atoms. The van der Waals surface area contributed by atoms with Crippen molar-refractivity contribution in [3.63, 3.8) is 0 Å². The van der Waals surface area contributed by atoms with Gasteiger partial charge in [0, 0.05) is 28.6 Å². The Morgan fingerprint density at radius 2 is 1.93 bits per heavy atom. The van der Waals surface area contributed by atoms with Gasteiger partial charge in [-0.1, -0.05) is 6.42 Å². The maximum atomic E-state index is 12.6. The van der Waals surface area contributed by atoms with Crippen LogP contribution >= 0.6 is 0 Å². The van der Waals surface area contributed by atoms with Gasteiger partial charge in [-0.25, -0.2) is 17.9 Å². The second-order valence-electron chi connectivity index (χ2n) is 7.58. The van der Waals surface area contributed by atoms with Crippen LogP contribution in [0, 0.1) is 13.8 Å². The molecule has 1 aliphatic carbocycles. The second kappa shape index (κ2) is 7.33. The fourth-order valence-electron chi connectivity index (χ4n) is 3.57. The topological polar surface area (TPSA) is 129 Å². The third kappa shape index (κ3) is 3.61. The number of sulfonamides is 1. The van der Waals surface area contributed by atoms with E-state index in [-0.39, 0.29) is 28.1 Å². The number of fused-ring (bicyclic) bond motifs is 1. The zero-order valence-corrected chi connectivity index (χ0v) is 17.3. The fourth-order valence-corrected chi connectivity index (χ4v) is 4.98. The number of aromatic carboxylic acids is 1. The third-order valence-electron chi connectivity index (χ3n) is 5.41. The van der Waals surface area contributed by atoms with Gasteiger partial charge in [-0.2, -0.15) is 0 Å². The van der Waals surface area contributed by atoms with Gasteiger partial charge in [0.25, 0.3) is 0 Å². The molecule has 0 saturated heterocycles. The maximum absolute atomic E-state index is 12.6. The van der Waals surface area contributed by atoms with E-state index >= 15 is 0 Å². The normalized spacial score (nSPS) is 14.6. The lowest BCUT2D eigenvalue weighted by Crippen LogP contribution is -2.39. The highest BCUT2D eigenvalue weighted by atomic mass is 32.2. The number of carbonyl (C=O) groups is 1. The van der Waals surface area contributed by atoms with E-state index < -0.39 is 16.0 Å². The van der Waals surface area contributed by atoms with Crippen molar-refractivity contribution in [2.24, 2.45) is 0 Å². The van der Waals surface area contributed by atoms with Crippen LogP contribution in [0.15, 0.2) is 35.2 Å². The summed E-state index contributed by atoms with van der Waals surface area (Å²) >= 11 is 0. The lowest BCUT2D eigenvalue weighted by molar-refractivity contribution is 0.0691. The number of hydrogen-bond acceptors (Lipinski definition) is 5. The average molecular weight is 430 g/mol. The molecule has 158 valence electrons. The molecule has 0 spiro atoms. The number of hydrogen-bond donors (Lipinski definition) is 4. The summed E-state index contributed by atoms with van der Waals surface area (Å²) in [5, 5.41) is 20.0. The van der Waals surface area contributed by atoms with Gasteiger partial charge >= 0.3 is 5.97 Å². The van der Waals surface area contributed by atoms with Crippen LogP contribution < -0.4 is 9.46 Å². The van der Waals surface area contributed by atoms with Gasteiger partial charge in [-0.05, 0) is 56.5 Å². The number of carboxylic acid groups (broad SMARTS) is 1. The van der Waals surface area contributed by atoms with Crippen molar-refractivity contribution >= 4 is 26.9 Å². The van der Waals surface area contributed by atoms with Crippen LogP contribution in [-0.4, -0.2) is 35.6 Å². The number of aromatic amines is 1. The summed E-state index contributed by atoms with van der Waals surface area (Å²) < 4.78 is 33.9. The van der Waals surface area contributed by atoms with Gasteiger partial charge in [-0.15, -0.1) is 0 Å². The Morgan fingerprint density at radius 1 is 1.20 bits per heavy atom. The van der Waals surface area contributed by atoms with Crippen molar-refractivity contribution in [3.05, 3.63) is 47.2 Å². The predicted molar refractivity (Wildman–Crippen MR) is 111 cm³/mol. The van der Waals surface area contributed by atoms with Crippen molar-refractivity contribution in [1.82, 2.24) is 9.71 Å². The van der Waals surface area contributed by atoms with Crippen molar-refractivity contribution in [2.75, 3.05) is 0 Å². The Kier molecular flexibility index (Phi) is 4.95. The van der Waals surface area contributed by atoms with Crippen LogP contribution in [0.1, 0.15) is 40.9 Å². The first kappa shape index (κ1) is 20.2. The van der Waals surface area contributed by atoms with Crippen LogP contribution in [0.25, 0.3) is 10.9 Å². The largest absolute Gasteiger partial charge is 0.507 e. The standard InChI is InChI=1S/C21H22N2O6S/c1-11-8-16-15(10-17(22-16)21(25)26)12(2)20(11)29-14-6-7-18(24)19(9-14)30(27,28)23-13-4-3-5-13/h6-10,13,22-24H,3-5H2,1-2H3,(H,25,26). The number of benzene rings is 2. The van der Waals surface area contributed by atoms with E-state index in [9.17, 15) is 23.4 Å². The quantitative estimate of drug-likeness (QED) is 0.471. The number of aryl methyl sites for hydroxylation is 2. The molecule has 0 bridgehead atoms. The average Bonchev–Trinajstić information content (AvgIpc) is 3.07. The molecule has 0 radical (unpaired) electrons. The highest BCUT2D eigenvalue weighted by Crippen LogP contribution is 2.37. The molecule has 0 unspecified atom stereocenters. The fraction of sp³-hybridized carbons (Fsp3) is 0.286. The Hall–Kier alpha value is -3.04. The summed E-state index contributed by atoms with van der Waals surface area (Å²) in [6.07, 6.45) is 2.54. The molecule has 3 aromatic rings. The van der Waals surface area contributed by atoms with E-state index in [1.165, 1.54) is 24.3 Å². The molecule has 2 aromatic carbocycles. The number of phenols is 1. The van der Waals surface area contributed by atoms with E-state index in [4.69, 9.17) is 4.74 Å². The molecule has 1 fully saturated rings. The van der Waals surface area contributed by atoms with Crippen LogP contribution in [0.2, 0.25) is 0 Å². The predicted octanol–water partition coefficient (Wildman–Crippen LogP) is 3.81. The van der Waals surface area contributed by atoms with Crippen molar-refractivity contribution in [3.8, 4) is 17.2 Å². The van der Waals surface area contributed by atoms with E-state index in [1.807, 2.05) is 6.92 Å². The summed E-state index contributed by atoms with van der Waals surface area (Å²) in [6.45, 7) is 3.62. The third-order valence-corrected chi connectivity index (χ3v) is 6.96. The molecule has 4 N–H and O–H groups in total. The lowest BCUT2D eigenvalue weighted by atomic mass is 9.94. The minimum Gasteiger partial charge on any atom is -0.507 e. The molecular formula is C21H22N2O6S. The summed E-state index contributed by atoms with van der Waals surface area (Å²) in [7, 11) is -3.88. The molecular weight excluding hydrogens is 408 g/mol. The molecule has 4 rings (SSSR count). The van der Waals surface area contributed by atoms with Gasteiger partial charge < -0.3 is 19.9 Å². The number of nitrogens with one attached hydrogen (secondary N) is 2. The molecule has 1 aliphatic rings. The summed E-state index contributed by atoms with van der Waals surface area (Å²) in [6, 6.07) is 7.27. The molecule has 1 saturated carbocycles. The van der Waals surface area contributed by atoms with E-state index in [0.717, 1.165) is 30.4 Å². The number of H-pyrrole nitrogens is 1. The lowest BCUT2D eigenvalue weighted by Gasteiger charge is -2.26. The molecule has 0 aliphatic heterocycles. The first-order chi connectivity index (χ1) is 14.2. The number of aromatic hydroxyl groups is 1. The van der Waals surface area contributed by atoms with E-state index in [1.54, 1.807) is 13.0 Å². The molecule has 0 atom stereocenters. The van der Waals surface area contributed by atoms with Crippen LogP contribution in [-0.2, 0) is 10.0 Å². The second-order valence-corrected chi connectivity index (χ2v) is 9.26. The number of ether oxygens (including phenoxy) is 1. The van der Waals surface area contributed by atoms with Gasteiger partial charge in [0.1, 0.15) is 27.8 Å². The Morgan fingerprint density at radius 3 is 2.57 bits per heavy atom. The number of carboxylic acids is 1. The summed E-state index contributed by atoms with van der Waals surface area (Å²) in [5.41, 5.74) is 2.22. The molecule has 8 nitrogen and oxygen atoms in total. The van der Waals surface area contributed by atoms with E-state index in [2.05, 4.69) is 9.71 Å². The monoisotopic (exact) mass is 430 g/mol. The number of aromatic nitrogens is 1. The van der Waals surface area contributed by atoms with Crippen molar-refractivity contribution in [1.29, 1.82) is 0 Å². The first-order valence-corrected chi connectivity index (χ1v) is 11.0. The Bertz CT molecular complexity index is 1260. The zero-order valence-electron chi connectivity index (χ0n) is 16.5. The number of rotatable bonds is 6. The van der Waals surface area contributed by atoms with Gasteiger partial charge in [0.15, 0.2) is 0 Å². The highest BCUT2D eigenvalue weighted by Gasteiger charge is 2.27. The first-order valence-electron chi connectivity index (χ1n) is 9.55. The minimum absolute atomic E-state index is 0.0738. The smallest absolute Gasteiger partial charge is 0.352 e. The van der Waals surface area contributed by atoms with Crippen LogP contribution in [0.4, 0.5) is 0 Å². The van der Waals surface area contributed by atoms with Crippen LogP contribution in [0.5, 0.6) is 17.2 Å². The molecule has 1 aromatic heterocycles. The van der Waals surface area contributed by atoms with Crippen LogP contribution in [0.3, 0.4) is 0 Å². The molecule has 0 amide bonds. The minimum atomic E-state index is -3.88. The maximum Gasteiger partial charge on any atom is 0.352 e. The Balaban J connectivity index is 1.70. The van der Waals surface area contributed by atoms with Crippen molar-refractivity contribution < 1.29 is 28.2 Å². The molecule has 1 heterocycles. The van der Waals surface area contributed by atoms with Gasteiger partial charge in [-0.3, -0.25) is 0 Å². The molecule has 9 heteroatoms. The highest BCUT2D eigenvalue weighted by molar-refractivity contribution is 7.89. The zero-order chi connectivity index (χ0) is 21.6. The van der Waals surface area contributed by atoms with E-state index in [0.29, 0.717) is 16.7 Å². The SMILES string of the molecule is Cc1cc2[nH]c(C(=O)O)cc2c(C)c1Oc1ccc(O)c(S(=O)(=O)NC2CCC2)c1. The van der Waals surface area contributed by atoms with Crippen molar-refractivity contribution in [2.45, 2.75) is 44.0 Å².